The normalized spacial score (nSPS) is 43.0. The number of aliphatic hydroxyl groups excluding tert-OH is 4. The van der Waals surface area contributed by atoms with Crippen molar-refractivity contribution in [3.8, 4) is 0 Å². The first-order valence-electron chi connectivity index (χ1n) is 3.67. The lowest BCUT2D eigenvalue weighted by Gasteiger charge is -2.19. The van der Waals surface area contributed by atoms with Crippen molar-refractivity contribution in [1.29, 1.82) is 0 Å². The Balaban J connectivity index is 0.00000121. The Morgan fingerprint density at radius 3 is 1.50 bits per heavy atom. The second-order valence-corrected chi connectivity index (χ2v) is 2.88. The fraction of sp³-hybridized carbons (Fsp3) is 1.00. The van der Waals surface area contributed by atoms with Crippen LogP contribution in [0.3, 0.4) is 0 Å². The van der Waals surface area contributed by atoms with Gasteiger partial charge in [0.1, 0.15) is 37.5 Å². The van der Waals surface area contributed by atoms with Crippen molar-refractivity contribution in [2.75, 3.05) is 13.1 Å². The van der Waals surface area contributed by atoms with Gasteiger partial charge in [0, 0.05) is 0 Å². The number of quaternary nitrogens is 1. The average Bonchev–Trinajstić information content (AvgIpc) is 2.07. The fourth-order valence-electron chi connectivity index (χ4n) is 1.17. The van der Waals surface area contributed by atoms with Crippen LogP contribution in [0.2, 0.25) is 0 Å². The van der Waals surface area contributed by atoms with Crippen LogP contribution in [0.1, 0.15) is 0 Å². The first-order chi connectivity index (χ1) is 5.13. The predicted molar refractivity (Wildman–Crippen MR) is 35.7 cm³/mol. The first kappa shape index (κ1) is 12.1. The standard InChI is InChI=1S/C6H13NO4.ClH/c8-3-1-7-2-4(9)6(11)5(3)10;/h3-11H,1-2H2;1H/t3-,4-,5-,6-;/m1./s1. The molecule has 0 bridgehead atoms. The van der Waals surface area contributed by atoms with E-state index in [4.69, 9.17) is 20.4 Å². The number of nitrogens with two attached hydrogens (primary N) is 1. The molecule has 5 nitrogen and oxygen atoms in total. The molecular weight excluding hydrogens is 186 g/mol. The summed E-state index contributed by atoms with van der Waals surface area (Å²) in [5.74, 6) is 0. The number of aliphatic hydroxyl groups is 4. The van der Waals surface area contributed by atoms with Gasteiger partial charge >= 0.3 is 0 Å². The van der Waals surface area contributed by atoms with Crippen LogP contribution in [0.5, 0.6) is 0 Å². The molecule has 0 unspecified atom stereocenters. The summed E-state index contributed by atoms with van der Waals surface area (Å²) in [7, 11) is 0. The van der Waals surface area contributed by atoms with Gasteiger partial charge in [0.05, 0.1) is 0 Å². The van der Waals surface area contributed by atoms with Gasteiger partial charge in [0.25, 0.3) is 0 Å². The third kappa shape index (κ3) is 2.55. The van der Waals surface area contributed by atoms with Crippen molar-refractivity contribution >= 4 is 0 Å². The summed E-state index contributed by atoms with van der Waals surface area (Å²) in [6, 6.07) is 0. The van der Waals surface area contributed by atoms with Gasteiger partial charge in [-0.15, -0.1) is 0 Å². The molecule has 1 saturated heterocycles. The monoisotopic (exact) mass is 199 g/mol. The van der Waals surface area contributed by atoms with Crippen molar-refractivity contribution in [3.63, 3.8) is 0 Å². The Kier molecular flexibility index (Phi) is 5.00. The third-order valence-corrected chi connectivity index (χ3v) is 1.95. The van der Waals surface area contributed by atoms with E-state index in [2.05, 4.69) is 0 Å². The molecule has 1 heterocycles. The van der Waals surface area contributed by atoms with Crippen LogP contribution in [0.15, 0.2) is 0 Å². The van der Waals surface area contributed by atoms with E-state index in [1.165, 1.54) is 0 Å². The highest BCUT2D eigenvalue weighted by Gasteiger charge is 2.34. The molecule has 6 heteroatoms. The summed E-state index contributed by atoms with van der Waals surface area (Å²) in [5, 5.41) is 38.1. The van der Waals surface area contributed by atoms with E-state index in [9.17, 15) is 0 Å². The first-order valence-corrected chi connectivity index (χ1v) is 3.67. The zero-order valence-electron chi connectivity index (χ0n) is 6.47. The van der Waals surface area contributed by atoms with Crippen LogP contribution in [0.4, 0.5) is 0 Å². The van der Waals surface area contributed by atoms with Gasteiger partial charge in [-0.25, -0.2) is 0 Å². The van der Waals surface area contributed by atoms with E-state index >= 15 is 0 Å². The molecular formula is C6H14ClNO4. The molecule has 0 aromatic rings. The molecule has 74 valence electrons. The maximum atomic E-state index is 9.12. The van der Waals surface area contributed by atoms with E-state index < -0.39 is 24.4 Å². The lowest BCUT2D eigenvalue weighted by molar-refractivity contribution is -0.664. The summed E-state index contributed by atoms with van der Waals surface area (Å²) >= 11 is 0. The third-order valence-electron chi connectivity index (χ3n) is 1.95. The SMILES string of the molecule is O[C@H]1[C@H](O)[C@H](O)C[NH2+]C[C@H]1O.[Cl-]. The maximum absolute atomic E-state index is 9.12. The van der Waals surface area contributed by atoms with Crippen molar-refractivity contribution in [2.24, 2.45) is 0 Å². The summed E-state index contributed by atoms with van der Waals surface area (Å²) in [4.78, 5) is 0. The Bertz CT molecular complexity index is 123. The number of halogens is 1. The molecule has 1 aliphatic rings. The quantitative estimate of drug-likeness (QED) is 0.268. The summed E-state index contributed by atoms with van der Waals surface area (Å²) in [6.07, 6.45) is -4.38. The molecule has 1 aliphatic heterocycles. The van der Waals surface area contributed by atoms with E-state index in [1.54, 1.807) is 5.32 Å². The highest BCUT2D eigenvalue weighted by molar-refractivity contribution is 4.81. The number of hydrogen-bond acceptors (Lipinski definition) is 4. The van der Waals surface area contributed by atoms with Gasteiger partial charge in [0.15, 0.2) is 0 Å². The smallest absolute Gasteiger partial charge is 0.131 e. The zero-order valence-corrected chi connectivity index (χ0v) is 7.22. The maximum Gasteiger partial charge on any atom is 0.131 e. The highest BCUT2D eigenvalue weighted by atomic mass is 35.5. The summed E-state index contributed by atoms with van der Waals surface area (Å²) in [6.45, 7) is 0.630. The summed E-state index contributed by atoms with van der Waals surface area (Å²) in [5.41, 5.74) is 0. The Labute approximate surface area is 76.4 Å². The molecule has 0 saturated carbocycles. The van der Waals surface area contributed by atoms with Crippen molar-refractivity contribution in [3.05, 3.63) is 0 Å². The highest BCUT2D eigenvalue weighted by Crippen LogP contribution is 2.04. The Hall–Kier alpha value is 0.0900. The van der Waals surface area contributed by atoms with Gasteiger partial charge in [-0.1, -0.05) is 0 Å². The second kappa shape index (κ2) is 4.96. The molecule has 6 N–H and O–H groups in total. The van der Waals surface area contributed by atoms with Gasteiger partial charge in [0.2, 0.25) is 0 Å². The van der Waals surface area contributed by atoms with E-state index in [0.717, 1.165) is 0 Å². The van der Waals surface area contributed by atoms with E-state index in [-0.39, 0.29) is 12.4 Å². The Morgan fingerprint density at radius 1 is 0.833 bits per heavy atom. The van der Waals surface area contributed by atoms with Gasteiger partial charge in [-0.2, -0.15) is 0 Å². The molecule has 0 aromatic carbocycles. The average molecular weight is 200 g/mol. The summed E-state index contributed by atoms with van der Waals surface area (Å²) < 4.78 is 0. The van der Waals surface area contributed by atoms with Crippen LogP contribution in [0.25, 0.3) is 0 Å². The predicted octanol–water partition coefficient (Wildman–Crippen LogP) is -6.99. The minimum atomic E-state index is -1.23. The Morgan fingerprint density at radius 2 is 1.17 bits per heavy atom. The molecule has 12 heavy (non-hydrogen) atoms. The topological polar surface area (TPSA) is 97.5 Å². The van der Waals surface area contributed by atoms with E-state index in [1.807, 2.05) is 0 Å². The molecule has 1 fully saturated rings. The molecule has 0 radical (unpaired) electrons. The molecule has 0 amide bonds. The van der Waals surface area contributed by atoms with Crippen LogP contribution < -0.4 is 17.7 Å². The number of rotatable bonds is 0. The van der Waals surface area contributed by atoms with Crippen molar-refractivity contribution < 1.29 is 38.1 Å². The van der Waals surface area contributed by atoms with Gasteiger partial charge < -0.3 is 38.1 Å². The van der Waals surface area contributed by atoms with Gasteiger partial charge in [-0.3, -0.25) is 0 Å². The minimum absolute atomic E-state index is 0. The molecule has 0 aromatic heterocycles. The van der Waals surface area contributed by atoms with Crippen LogP contribution in [-0.4, -0.2) is 57.9 Å². The largest absolute Gasteiger partial charge is 1.00 e. The molecule has 1 rings (SSSR count). The molecule has 4 atom stereocenters. The second-order valence-electron chi connectivity index (χ2n) is 2.88. The van der Waals surface area contributed by atoms with Crippen LogP contribution in [0, 0.1) is 0 Å². The zero-order chi connectivity index (χ0) is 8.43. The lowest BCUT2D eigenvalue weighted by atomic mass is 10.1. The van der Waals surface area contributed by atoms with Crippen molar-refractivity contribution in [1.82, 2.24) is 0 Å². The van der Waals surface area contributed by atoms with Crippen LogP contribution >= 0.6 is 0 Å². The van der Waals surface area contributed by atoms with Crippen LogP contribution in [-0.2, 0) is 0 Å². The van der Waals surface area contributed by atoms with E-state index in [0.29, 0.717) is 13.1 Å². The van der Waals surface area contributed by atoms with Crippen molar-refractivity contribution in [2.45, 2.75) is 24.4 Å². The minimum Gasteiger partial charge on any atom is -1.00 e. The van der Waals surface area contributed by atoms with Gasteiger partial charge in [-0.05, 0) is 0 Å². The lowest BCUT2D eigenvalue weighted by Crippen LogP contribution is -3.00. The number of hydrogen-bond donors (Lipinski definition) is 5. The molecule has 0 spiro atoms. The fourth-order valence-corrected chi connectivity index (χ4v) is 1.17. The molecule has 0 aliphatic carbocycles.